The van der Waals surface area contributed by atoms with E-state index >= 15 is 0 Å². The molecule has 11 heteroatoms. The smallest absolute Gasteiger partial charge is 0.348 e. The van der Waals surface area contributed by atoms with Crippen molar-refractivity contribution in [3.8, 4) is 11.5 Å². The van der Waals surface area contributed by atoms with Crippen LogP contribution in [0.3, 0.4) is 0 Å². The summed E-state index contributed by atoms with van der Waals surface area (Å²) in [4.78, 5) is 59.3. The van der Waals surface area contributed by atoms with Crippen LogP contribution in [0.15, 0.2) is 12.1 Å². The van der Waals surface area contributed by atoms with Crippen molar-refractivity contribution in [1.29, 1.82) is 0 Å². The zero-order valence-electron chi connectivity index (χ0n) is 23.3. The van der Waals surface area contributed by atoms with Crippen molar-refractivity contribution in [1.82, 2.24) is 4.90 Å². The SMILES string of the molecule is COC(=O)[C@@]12O[C@@]34N(CCC[C@]3(CC(=O)OC(C)(C)C)C1=O)C(=O)C[C@]41c3ccc(OC)c(OC)c3N(C)[C@H]21. The van der Waals surface area contributed by atoms with Gasteiger partial charge in [0.05, 0.1) is 50.3 Å². The Labute approximate surface area is 226 Å². The Balaban J connectivity index is 1.68. The summed E-state index contributed by atoms with van der Waals surface area (Å²) in [5, 5.41) is 0. The molecular formula is C28H34N2O9. The van der Waals surface area contributed by atoms with E-state index in [9.17, 15) is 19.2 Å². The van der Waals surface area contributed by atoms with E-state index in [1.54, 1.807) is 43.7 Å². The molecule has 5 aliphatic rings. The first kappa shape index (κ1) is 25.9. The van der Waals surface area contributed by atoms with E-state index in [0.717, 1.165) is 0 Å². The van der Waals surface area contributed by atoms with Crippen LogP contribution in [-0.4, -0.2) is 86.4 Å². The molecule has 210 valence electrons. The zero-order chi connectivity index (χ0) is 28.3. The van der Waals surface area contributed by atoms with Gasteiger partial charge in [-0.15, -0.1) is 0 Å². The molecule has 5 heterocycles. The number of hydrogen-bond acceptors (Lipinski definition) is 10. The summed E-state index contributed by atoms with van der Waals surface area (Å²) in [5.41, 5.74) is -5.83. The molecule has 0 aliphatic carbocycles. The molecule has 0 N–H and O–H groups in total. The lowest BCUT2D eigenvalue weighted by atomic mass is 9.48. The number of piperidine rings is 1. The summed E-state index contributed by atoms with van der Waals surface area (Å²) in [6.45, 7) is 5.59. The number of Topliss-reactive ketones (excluding diaryl/α,β-unsaturated/α-hetero) is 1. The number of carbonyl (C=O) groups is 4. The average Bonchev–Trinajstić information content (AvgIpc) is 3.47. The molecule has 4 saturated heterocycles. The van der Waals surface area contributed by atoms with Gasteiger partial charge in [-0.25, -0.2) is 4.79 Å². The fourth-order valence-corrected chi connectivity index (χ4v) is 8.59. The number of ether oxygens (including phenoxy) is 5. The highest BCUT2D eigenvalue weighted by atomic mass is 16.6. The van der Waals surface area contributed by atoms with Crippen molar-refractivity contribution < 1.29 is 42.9 Å². The van der Waals surface area contributed by atoms with Gasteiger partial charge in [0.1, 0.15) is 5.60 Å². The topological polar surface area (TPSA) is 121 Å². The minimum Gasteiger partial charge on any atom is -0.493 e. The summed E-state index contributed by atoms with van der Waals surface area (Å²) < 4.78 is 29.1. The van der Waals surface area contributed by atoms with Crippen LogP contribution in [0.2, 0.25) is 0 Å². The normalized spacial score (nSPS) is 35.5. The maximum absolute atomic E-state index is 14.8. The first-order valence-electron chi connectivity index (χ1n) is 13.2. The molecule has 5 atom stereocenters. The standard InChI is InChI=1S/C28H34N2O9/c1-24(2,3)38-18(32)14-25-11-8-12-30-17(31)13-26-15-9-10-16(35-5)20(36-6)19(15)29(4)21(26)27(22(25)33,23(34)37-7)39-28(25,26)30/h9-10,21H,8,11-14H2,1-7H3/t21-,25-,26+,27-,28-/m0/s1. The Kier molecular flexibility index (Phi) is 5.08. The number of methoxy groups -OCH3 is 3. The molecule has 1 aromatic carbocycles. The summed E-state index contributed by atoms with van der Waals surface area (Å²) >= 11 is 0. The second kappa shape index (κ2) is 7.65. The van der Waals surface area contributed by atoms with Gasteiger partial charge in [0, 0.05) is 20.0 Å². The van der Waals surface area contributed by atoms with E-state index in [2.05, 4.69) is 0 Å². The molecule has 39 heavy (non-hydrogen) atoms. The third kappa shape index (κ3) is 2.58. The summed E-state index contributed by atoms with van der Waals surface area (Å²) in [5.74, 6) is -1.29. The number of rotatable bonds is 5. The molecule has 6 rings (SSSR count). The van der Waals surface area contributed by atoms with Gasteiger partial charge in [-0.3, -0.25) is 14.4 Å². The predicted octanol–water partition coefficient (Wildman–Crippen LogP) is 1.73. The second-order valence-electron chi connectivity index (χ2n) is 12.2. The fourth-order valence-electron chi connectivity index (χ4n) is 8.59. The van der Waals surface area contributed by atoms with E-state index in [1.807, 2.05) is 6.07 Å². The number of nitrogens with zero attached hydrogens (tertiary/aromatic N) is 2. The first-order chi connectivity index (χ1) is 18.3. The number of anilines is 1. The van der Waals surface area contributed by atoms with Crippen molar-refractivity contribution in [2.24, 2.45) is 5.41 Å². The summed E-state index contributed by atoms with van der Waals surface area (Å²) in [6.07, 6.45) is 0.394. The van der Waals surface area contributed by atoms with E-state index in [-0.39, 0.29) is 25.2 Å². The Morgan fingerprint density at radius 1 is 1.13 bits per heavy atom. The molecule has 1 aromatic rings. The molecule has 0 saturated carbocycles. The van der Waals surface area contributed by atoms with Crippen molar-refractivity contribution >= 4 is 29.3 Å². The van der Waals surface area contributed by atoms with Gasteiger partial charge in [-0.2, -0.15) is 0 Å². The highest BCUT2D eigenvalue weighted by Gasteiger charge is 2.96. The predicted molar refractivity (Wildman–Crippen MR) is 135 cm³/mol. The zero-order valence-corrected chi connectivity index (χ0v) is 23.3. The molecule has 4 fully saturated rings. The number of hydrogen-bond donors (Lipinski definition) is 0. The van der Waals surface area contributed by atoms with Crippen LogP contribution in [0, 0.1) is 5.41 Å². The van der Waals surface area contributed by atoms with Crippen LogP contribution in [0.5, 0.6) is 11.5 Å². The Hall–Kier alpha value is -3.34. The van der Waals surface area contributed by atoms with Crippen molar-refractivity contribution in [3.05, 3.63) is 17.7 Å². The minimum atomic E-state index is -2.08. The van der Waals surface area contributed by atoms with Gasteiger partial charge in [0.25, 0.3) is 0 Å². The van der Waals surface area contributed by atoms with Crippen molar-refractivity contribution in [3.63, 3.8) is 0 Å². The third-order valence-electron chi connectivity index (χ3n) is 9.38. The average molecular weight is 543 g/mol. The molecule has 2 bridgehead atoms. The van der Waals surface area contributed by atoms with E-state index in [4.69, 9.17) is 23.7 Å². The van der Waals surface area contributed by atoms with Gasteiger partial charge in [0.2, 0.25) is 11.5 Å². The molecular weight excluding hydrogens is 508 g/mol. The second-order valence-corrected chi connectivity index (χ2v) is 12.2. The lowest BCUT2D eigenvalue weighted by molar-refractivity contribution is -0.214. The molecule has 1 amide bonds. The Bertz CT molecular complexity index is 1340. The van der Waals surface area contributed by atoms with Crippen LogP contribution in [0.25, 0.3) is 0 Å². The summed E-state index contributed by atoms with van der Waals surface area (Å²) in [6, 6.07) is 2.69. The monoisotopic (exact) mass is 542 g/mol. The molecule has 5 aliphatic heterocycles. The van der Waals surface area contributed by atoms with Crippen LogP contribution in [-0.2, 0) is 38.8 Å². The molecule has 2 spiro atoms. The number of benzene rings is 1. The highest BCUT2D eigenvalue weighted by molar-refractivity contribution is 6.18. The number of likely N-dealkylation sites (N-methyl/N-ethyl adjacent to an activating group) is 1. The number of carbonyl (C=O) groups excluding carboxylic acids is 4. The van der Waals surface area contributed by atoms with Gasteiger partial charge < -0.3 is 33.5 Å². The maximum Gasteiger partial charge on any atom is 0.348 e. The first-order valence-corrected chi connectivity index (χ1v) is 13.2. The number of ketones is 1. The van der Waals surface area contributed by atoms with E-state index in [1.165, 1.54) is 21.3 Å². The molecule has 0 unspecified atom stereocenters. The van der Waals surface area contributed by atoms with E-state index in [0.29, 0.717) is 35.7 Å². The maximum atomic E-state index is 14.8. The largest absolute Gasteiger partial charge is 0.493 e. The lowest BCUT2D eigenvalue weighted by Gasteiger charge is -2.56. The lowest BCUT2D eigenvalue weighted by Crippen LogP contribution is -2.75. The van der Waals surface area contributed by atoms with Crippen molar-refractivity contribution in [2.75, 3.05) is 39.8 Å². The highest BCUT2D eigenvalue weighted by Crippen LogP contribution is 2.79. The van der Waals surface area contributed by atoms with Crippen LogP contribution >= 0.6 is 0 Å². The van der Waals surface area contributed by atoms with Gasteiger partial charge >= 0.3 is 11.9 Å². The van der Waals surface area contributed by atoms with Gasteiger partial charge in [-0.05, 0) is 45.2 Å². The van der Waals surface area contributed by atoms with Crippen LogP contribution < -0.4 is 14.4 Å². The third-order valence-corrected chi connectivity index (χ3v) is 9.38. The van der Waals surface area contributed by atoms with Gasteiger partial charge in [0.15, 0.2) is 23.0 Å². The number of esters is 2. The Morgan fingerprint density at radius 2 is 1.85 bits per heavy atom. The number of amides is 1. The molecule has 0 radical (unpaired) electrons. The van der Waals surface area contributed by atoms with Crippen LogP contribution in [0.1, 0.15) is 52.0 Å². The summed E-state index contributed by atoms with van der Waals surface area (Å²) in [7, 11) is 6.01. The van der Waals surface area contributed by atoms with Gasteiger partial charge in [-0.1, -0.05) is 6.07 Å². The molecule has 0 aromatic heterocycles. The fraction of sp³-hybridized carbons (Fsp3) is 0.643. The van der Waals surface area contributed by atoms with Crippen molar-refractivity contribution in [2.45, 2.75) is 74.8 Å². The number of fused-ring (bicyclic) bond motifs is 3. The quantitative estimate of drug-likeness (QED) is 0.402. The van der Waals surface area contributed by atoms with E-state index < -0.39 is 51.5 Å². The minimum absolute atomic E-state index is 0.00736. The Morgan fingerprint density at radius 3 is 2.46 bits per heavy atom. The van der Waals surface area contributed by atoms with Crippen LogP contribution in [0.4, 0.5) is 5.69 Å². The molecule has 11 nitrogen and oxygen atoms in total.